The maximum atomic E-state index is 11.4. The van der Waals surface area contributed by atoms with Crippen molar-refractivity contribution < 1.29 is 24.2 Å². The molecule has 114 valence electrons. The predicted octanol–water partition coefficient (Wildman–Crippen LogP) is 1.23. The van der Waals surface area contributed by atoms with Crippen LogP contribution in [-0.2, 0) is 14.4 Å². The maximum Gasteiger partial charge on any atom is 0.303 e. The van der Waals surface area contributed by atoms with Gasteiger partial charge in [-0.1, -0.05) is 15.9 Å². The average Bonchev–Trinajstić information content (AvgIpc) is 2.44. The number of rotatable bonds is 7. The van der Waals surface area contributed by atoms with Crippen molar-refractivity contribution in [3.05, 3.63) is 28.7 Å². The molecule has 0 aliphatic carbocycles. The third kappa shape index (κ3) is 7.93. The molecule has 0 fully saturated rings. The molecule has 2 amide bonds. The van der Waals surface area contributed by atoms with Gasteiger partial charge in [-0.15, -0.1) is 0 Å². The van der Waals surface area contributed by atoms with E-state index in [1.54, 1.807) is 24.3 Å². The van der Waals surface area contributed by atoms with Gasteiger partial charge in [-0.2, -0.15) is 0 Å². The first-order chi connectivity index (χ1) is 9.97. The smallest absolute Gasteiger partial charge is 0.303 e. The van der Waals surface area contributed by atoms with Crippen LogP contribution in [0.1, 0.15) is 19.3 Å². The molecular formula is C13H15BrN2O5. The highest BCUT2D eigenvalue weighted by Gasteiger charge is 2.06. The van der Waals surface area contributed by atoms with Crippen molar-refractivity contribution in [3.63, 3.8) is 0 Å². The second kappa shape index (κ2) is 8.96. The number of aliphatic carboxylic acids is 1. The maximum absolute atomic E-state index is 11.4. The fourth-order valence-corrected chi connectivity index (χ4v) is 1.58. The summed E-state index contributed by atoms with van der Waals surface area (Å²) in [5, 5.41) is 8.42. The van der Waals surface area contributed by atoms with E-state index in [0.29, 0.717) is 5.75 Å². The molecule has 0 unspecified atom stereocenters. The van der Waals surface area contributed by atoms with Crippen molar-refractivity contribution >= 4 is 33.7 Å². The van der Waals surface area contributed by atoms with Gasteiger partial charge in [0.05, 0.1) is 0 Å². The van der Waals surface area contributed by atoms with Crippen LogP contribution in [0, 0.1) is 0 Å². The fourth-order valence-electron chi connectivity index (χ4n) is 1.32. The van der Waals surface area contributed by atoms with E-state index in [4.69, 9.17) is 9.84 Å². The molecule has 0 aliphatic heterocycles. The number of hydrogen-bond acceptors (Lipinski definition) is 4. The molecule has 1 aromatic carbocycles. The Bertz CT molecular complexity index is 504. The lowest BCUT2D eigenvalue weighted by Gasteiger charge is -2.08. The monoisotopic (exact) mass is 358 g/mol. The summed E-state index contributed by atoms with van der Waals surface area (Å²) in [6.07, 6.45) is 0.153. The van der Waals surface area contributed by atoms with Crippen LogP contribution in [0.2, 0.25) is 0 Å². The van der Waals surface area contributed by atoms with Crippen LogP contribution in [0.15, 0.2) is 28.7 Å². The molecule has 0 atom stereocenters. The van der Waals surface area contributed by atoms with Crippen LogP contribution in [0.25, 0.3) is 0 Å². The Morgan fingerprint density at radius 3 is 2.29 bits per heavy atom. The number of ether oxygens (including phenoxy) is 1. The van der Waals surface area contributed by atoms with Gasteiger partial charge < -0.3 is 9.84 Å². The number of carboxylic acids is 1. The van der Waals surface area contributed by atoms with Gasteiger partial charge in [-0.25, -0.2) is 0 Å². The van der Waals surface area contributed by atoms with E-state index in [1.165, 1.54) is 0 Å². The Balaban J connectivity index is 2.17. The zero-order valence-corrected chi connectivity index (χ0v) is 12.7. The van der Waals surface area contributed by atoms with E-state index in [1.807, 2.05) is 0 Å². The van der Waals surface area contributed by atoms with Gasteiger partial charge in [-0.3, -0.25) is 25.2 Å². The summed E-state index contributed by atoms with van der Waals surface area (Å²) in [6, 6.07) is 6.94. The Labute approximate surface area is 129 Å². The minimum atomic E-state index is -0.963. The summed E-state index contributed by atoms with van der Waals surface area (Å²) in [6.45, 7) is -0.239. The van der Waals surface area contributed by atoms with Crippen LogP contribution in [0.4, 0.5) is 0 Å². The molecule has 7 nitrogen and oxygen atoms in total. The van der Waals surface area contributed by atoms with Crippen molar-refractivity contribution in [3.8, 4) is 5.75 Å². The Kier molecular flexibility index (Phi) is 7.24. The Hall–Kier alpha value is -2.09. The van der Waals surface area contributed by atoms with Crippen LogP contribution in [0.5, 0.6) is 5.75 Å². The van der Waals surface area contributed by atoms with Crippen LogP contribution in [-0.4, -0.2) is 29.5 Å². The van der Waals surface area contributed by atoms with Crippen LogP contribution >= 0.6 is 15.9 Å². The van der Waals surface area contributed by atoms with Gasteiger partial charge in [0, 0.05) is 17.3 Å². The van der Waals surface area contributed by atoms with E-state index in [0.717, 1.165) is 4.47 Å². The second-order valence-corrected chi connectivity index (χ2v) is 5.00. The Morgan fingerprint density at radius 1 is 1.05 bits per heavy atom. The van der Waals surface area contributed by atoms with E-state index < -0.39 is 17.8 Å². The number of hydrogen-bond donors (Lipinski definition) is 3. The third-order valence-electron chi connectivity index (χ3n) is 2.32. The first-order valence-corrected chi connectivity index (χ1v) is 6.94. The SMILES string of the molecule is O=C(O)CCCC(=O)NNC(=O)COc1ccc(Br)cc1. The van der Waals surface area contributed by atoms with Gasteiger partial charge in [0.1, 0.15) is 5.75 Å². The number of amides is 2. The number of carboxylic acid groups (broad SMARTS) is 1. The molecule has 8 heteroatoms. The molecule has 0 radical (unpaired) electrons. The number of halogens is 1. The minimum Gasteiger partial charge on any atom is -0.484 e. The van der Waals surface area contributed by atoms with E-state index in [-0.39, 0.29) is 25.9 Å². The van der Waals surface area contributed by atoms with Gasteiger partial charge in [-0.05, 0) is 30.7 Å². The van der Waals surface area contributed by atoms with Crippen molar-refractivity contribution in [2.45, 2.75) is 19.3 Å². The first kappa shape index (κ1) is 17.0. The normalized spacial score (nSPS) is 9.76. The molecule has 0 saturated heterocycles. The molecule has 0 aliphatic rings. The van der Waals surface area contributed by atoms with Gasteiger partial charge in [0.25, 0.3) is 5.91 Å². The van der Waals surface area contributed by atoms with Gasteiger partial charge in [0.15, 0.2) is 6.61 Å². The molecule has 21 heavy (non-hydrogen) atoms. The lowest BCUT2D eigenvalue weighted by molar-refractivity contribution is -0.137. The minimum absolute atomic E-state index is 0.0279. The highest BCUT2D eigenvalue weighted by molar-refractivity contribution is 9.10. The summed E-state index contributed by atoms with van der Waals surface area (Å²) in [5.41, 5.74) is 4.36. The topological polar surface area (TPSA) is 105 Å². The standard InChI is InChI=1S/C13H15BrN2O5/c14-9-4-6-10(7-5-9)21-8-12(18)16-15-11(17)2-1-3-13(19)20/h4-7H,1-3,8H2,(H,15,17)(H,16,18)(H,19,20). The van der Waals surface area contributed by atoms with Gasteiger partial charge in [0.2, 0.25) is 5.91 Å². The molecule has 0 spiro atoms. The lowest BCUT2D eigenvalue weighted by atomic mass is 10.2. The zero-order chi connectivity index (χ0) is 15.7. The van der Waals surface area contributed by atoms with E-state index in [9.17, 15) is 14.4 Å². The summed E-state index contributed by atoms with van der Waals surface area (Å²) < 4.78 is 6.10. The number of nitrogens with one attached hydrogen (secondary N) is 2. The van der Waals surface area contributed by atoms with Gasteiger partial charge >= 0.3 is 5.97 Å². The quantitative estimate of drug-likeness (QED) is 0.635. The molecule has 0 bridgehead atoms. The second-order valence-electron chi connectivity index (χ2n) is 4.09. The average molecular weight is 359 g/mol. The molecule has 3 N–H and O–H groups in total. The molecular weight excluding hydrogens is 344 g/mol. The third-order valence-corrected chi connectivity index (χ3v) is 2.85. The number of carbonyl (C=O) groups is 3. The van der Waals surface area contributed by atoms with Crippen molar-refractivity contribution in [2.24, 2.45) is 0 Å². The summed E-state index contributed by atoms with van der Waals surface area (Å²) in [5.74, 6) is -1.39. The van der Waals surface area contributed by atoms with Crippen LogP contribution in [0.3, 0.4) is 0 Å². The largest absolute Gasteiger partial charge is 0.484 e. The first-order valence-electron chi connectivity index (χ1n) is 6.15. The molecule has 0 heterocycles. The summed E-state index contributed by atoms with van der Waals surface area (Å²) in [4.78, 5) is 33.0. The molecule has 0 saturated carbocycles. The highest BCUT2D eigenvalue weighted by Crippen LogP contribution is 2.15. The fraction of sp³-hybridized carbons (Fsp3) is 0.308. The van der Waals surface area contributed by atoms with Crippen molar-refractivity contribution in [1.29, 1.82) is 0 Å². The zero-order valence-electron chi connectivity index (χ0n) is 11.1. The molecule has 1 aromatic rings. The van der Waals surface area contributed by atoms with Crippen molar-refractivity contribution in [1.82, 2.24) is 10.9 Å². The van der Waals surface area contributed by atoms with E-state index in [2.05, 4.69) is 26.8 Å². The lowest BCUT2D eigenvalue weighted by Crippen LogP contribution is -2.43. The number of hydrazine groups is 1. The van der Waals surface area contributed by atoms with Crippen LogP contribution < -0.4 is 15.6 Å². The van der Waals surface area contributed by atoms with E-state index >= 15 is 0 Å². The summed E-state index contributed by atoms with van der Waals surface area (Å²) in [7, 11) is 0. The summed E-state index contributed by atoms with van der Waals surface area (Å²) >= 11 is 3.28. The highest BCUT2D eigenvalue weighted by atomic mass is 79.9. The molecule has 1 rings (SSSR count). The Morgan fingerprint density at radius 2 is 1.67 bits per heavy atom. The number of benzene rings is 1. The molecule has 0 aromatic heterocycles. The number of carbonyl (C=O) groups excluding carboxylic acids is 2. The van der Waals surface area contributed by atoms with Crippen molar-refractivity contribution in [2.75, 3.05) is 6.61 Å². The predicted molar refractivity (Wildman–Crippen MR) is 77.4 cm³/mol.